The normalized spacial score (nSPS) is 17.1. The van der Waals surface area contributed by atoms with Crippen molar-refractivity contribution in [3.8, 4) is 11.5 Å². The van der Waals surface area contributed by atoms with Gasteiger partial charge in [-0.2, -0.15) is 0 Å². The Morgan fingerprint density at radius 2 is 2.14 bits per heavy atom. The second kappa shape index (κ2) is 11.5. The summed E-state index contributed by atoms with van der Waals surface area (Å²) in [5, 5.41) is 5.72. The number of hydrogen-bond donors (Lipinski definition) is 2. The zero-order valence-electron chi connectivity index (χ0n) is 17.0. The van der Waals surface area contributed by atoms with E-state index in [4.69, 9.17) is 14.2 Å². The van der Waals surface area contributed by atoms with Gasteiger partial charge >= 0.3 is 0 Å². The number of para-hydroxylation sites is 1. The molecule has 2 amide bonds. The quantitative estimate of drug-likeness (QED) is 0.544. The summed E-state index contributed by atoms with van der Waals surface area (Å²) in [6.45, 7) is 5.46. The summed E-state index contributed by atoms with van der Waals surface area (Å²) in [6.07, 6.45) is 0.869. The van der Waals surface area contributed by atoms with Crippen LogP contribution in [0, 0.1) is 0 Å². The van der Waals surface area contributed by atoms with E-state index in [1.165, 1.54) is 0 Å². The topological polar surface area (TPSA) is 89.1 Å². The molecule has 28 heavy (non-hydrogen) atoms. The maximum absolute atomic E-state index is 12.4. The van der Waals surface area contributed by atoms with Crippen LogP contribution in [0.5, 0.6) is 11.5 Å². The number of carbonyl (C=O) groups excluding carboxylic acids is 2. The molecule has 0 aromatic heterocycles. The fourth-order valence-corrected chi connectivity index (χ4v) is 3.26. The lowest BCUT2D eigenvalue weighted by atomic mass is 10.1. The second-order valence-corrected chi connectivity index (χ2v) is 6.53. The van der Waals surface area contributed by atoms with Gasteiger partial charge in [0.25, 0.3) is 0 Å². The highest BCUT2D eigenvalue weighted by Gasteiger charge is 2.32. The van der Waals surface area contributed by atoms with Crippen molar-refractivity contribution in [1.29, 1.82) is 0 Å². The summed E-state index contributed by atoms with van der Waals surface area (Å²) in [4.78, 5) is 26.7. The van der Waals surface area contributed by atoms with Crippen molar-refractivity contribution in [3.63, 3.8) is 0 Å². The molecule has 1 aliphatic heterocycles. The second-order valence-electron chi connectivity index (χ2n) is 6.53. The highest BCUT2D eigenvalue weighted by atomic mass is 16.5. The Morgan fingerprint density at radius 1 is 1.32 bits per heavy atom. The SMILES string of the molecule is CCOCCCNC(=O)CC1C(=O)NCCN1Cc1cccc(OC)c1OC. The number of rotatable bonds is 11. The van der Waals surface area contributed by atoms with Gasteiger partial charge in [-0.05, 0) is 19.4 Å². The van der Waals surface area contributed by atoms with E-state index in [0.29, 0.717) is 50.9 Å². The van der Waals surface area contributed by atoms with Crippen LogP contribution in [0.2, 0.25) is 0 Å². The van der Waals surface area contributed by atoms with Gasteiger partial charge in [0.1, 0.15) is 0 Å². The Balaban J connectivity index is 2.00. The first-order valence-electron chi connectivity index (χ1n) is 9.66. The van der Waals surface area contributed by atoms with Crippen LogP contribution < -0.4 is 20.1 Å². The van der Waals surface area contributed by atoms with Crippen molar-refractivity contribution >= 4 is 11.8 Å². The third-order valence-corrected chi connectivity index (χ3v) is 4.67. The van der Waals surface area contributed by atoms with Gasteiger partial charge in [-0.25, -0.2) is 0 Å². The molecule has 8 nitrogen and oxygen atoms in total. The van der Waals surface area contributed by atoms with Gasteiger partial charge in [-0.15, -0.1) is 0 Å². The maximum atomic E-state index is 12.4. The van der Waals surface area contributed by atoms with E-state index >= 15 is 0 Å². The molecule has 1 aromatic carbocycles. The number of ether oxygens (including phenoxy) is 3. The number of nitrogens with zero attached hydrogens (tertiary/aromatic N) is 1. The first-order valence-corrected chi connectivity index (χ1v) is 9.66. The molecule has 0 bridgehead atoms. The van der Waals surface area contributed by atoms with E-state index in [-0.39, 0.29) is 18.2 Å². The summed E-state index contributed by atoms with van der Waals surface area (Å²) in [5.74, 6) is 1.03. The van der Waals surface area contributed by atoms with Gasteiger partial charge in [0, 0.05) is 45.0 Å². The monoisotopic (exact) mass is 393 g/mol. The molecule has 1 aliphatic rings. The molecule has 1 fully saturated rings. The fourth-order valence-electron chi connectivity index (χ4n) is 3.26. The van der Waals surface area contributed by atoms with E-state index in [1.54, 1.807) is 14.2 Å². The molecule has 2 N–H and O–H groups in total. The third kappa shape index (κ3) is 6.10. The van der Waals surface area contributed by atoms with Crippen molar-refractivity contribution in [1.82, 2.24) is 15.5 Å². The minimum absolute atomic E-state index is 0.118. The molecule has 1 aromatic rings. The fraction of sp³-hybridized carbons (Fsp3) is 0.600. The smallest absolute Gasteiger partial charge is 0.237 e. The van der Waals surface area contributed by atoms with Crippen molar-refractivity contribution in [2.75, 3.05) is 47.1 Å². The van der Waals surface area contributed by atoms with Crippen LogP contribution in [0.15, 0.2) is 18.2 Å². The largest absolute Gasteiger partial charge is 0.493 e. The number of methoxy groups -OCH3 is 2. The Morgan fingerprint density at radius 3 is 2.86 bits per heavy atom. The number of amides is 2. The lowest BCUT2D eigenvalue weighted by molar-refractivity contribution is -0.134. The van der Waals surface area contributed by atoms with E-state index in [9.17, 15) is 9.59 Å². The van der Waals surface area contributed by atoms with Crippen molar-refractivity contribution < 1.29 is 23.8 Å². The van der Waals surface area contributed by atoms with Crippen LogP contribution in [-0.2, 0) is 20.9 Å². The molecular formula is C20H31N3O5. The van der Waals surface area contributed by atoms with Crippen LogP contribution in [0.25, 0.3) is 0 Å². The highest BCUT2D eigenvalue weighted by Crippen LogP contribution is 2.32. The predicted molar refractivity (Wildman–Crippen MR) is 105 cm³/mol. The van der Waals surface area contributed by atoms with Gasteiger partial charge in [-0.3, -0.25) is 14.5 Å². The molecule has 1 atom stereocenters. The summed E-state index contributed by atoms with van der Waals surface area (Å²) < 4.78 is 16.1. The first-order chi connectivity index (χ1) is 13.6. The van der Waals surface area contributed by atoms with Gasteiger partial charge in [-0.1, -0.05) is 12.1 Å². The molecule has 1 unspecified atom stereocenters. The van der Waals surface area contributed by atoms with Gasteiger partial charge in [0.2, 0.25) is 11.8 Å². The molecule has 8 heteroatoms. The molecule has 156 valence electrons. The molecule has 1 saturated heterocycles. The first kappa shape index (κ1) is 22.0. The van der Waals surface area contributed by atoms with Gasteiger partial charge in [0.15, 0.2) is 11.5 Å². The number of nitrogens with one attached hydrogen (secondary N) is 2. The molecule has 0 radical (unpaired) electrons. The van der Waals surface area contributed by atoms with Gasteiger partial charge in [0.05, 0.1) is 26.7 Å². The zero-order chi connectivity index (χ0) is 20.4. The molecular weight excluding hydrogens is 362 g/mol. The van der Waals surface area contributed by atoms with E-state index in [1.807, 2.05) is 30.0 Å². The Labute approximate surface area is 166 Å². The molecule has 0 spiro atoms. The standard InChI is InChI=1S/C20H31N3O5/c1-4-28-12-6-9-21-18(24)13-16-20(25)22-10-11-23(16)14-15-7-5-8-17(26-2)19(15)27-3/h5,7-8,16H,4,6,9-14H2,1-3H3,(H,21,24)(H,22,25). The summed E-state index contributed by atoms with van der Waals surface area (Å²) in [5.41, 5.74) is 0.915. The van der Waals surface area contributed by atoms with Crippen LogP contribution in [0.3, 0.4) is 0 Å². The van der Waals surface area contributed by atoms with Crippen LogP contribution in [0.4, 0.5) is 0 Å². The van der Waals surface area contributed by atoms with E-state index in [2.05, 4.69) is 10.6 Å². The zero-order valence-corrected chi connectivity index (χ0v) is 17.0. The minimum atomic E-state index is -0.517. The van der Waals surface area contributed by atoms with Crippen molar-refractivity contribution in [2.24, 2.45) is 0 Å². The molecule has 0 aliphatic carbocycles. The predicted octanol–water partition coefficient (Wildman–Crippen LogP) is 0.937. The molecule has 0 saturated carbocycles. The summed E-state index contributed by atoms with van der Waals surface area (Å²) >= 11 is 0. The highest BCUT2D eigenvalue weighted by molar-refractivity contribution is 5.88. The number of hydrogen-bond acceptors (Lipinski definition) is 6. The average Bonchev–Trinajstić information content (AvgIpc) is 2.70. The van der Waals surface area contributed by atoms with Crippen molar-refractivity contribution in [3.05, 3.63) is 23.8 Å². The lowest BCUT2D eigenvalue weighted by Gasteiger charge is -2.35. The molecule has 1 heterocycles. The number of carbonyl (C=O) groups is 2. The average molecular weight is 393 g/mol. The summed E-state index contributed by atoms with van der Waals surface area (Å²) in [7, 11) is 3.19. The van der Waals surface area contributed by atoms with Crippen LogP contribution in [0.1, 0.15) is 25.3 Å². The Hall–Kier alpha value is -2.32. The van der Waals surface area contributed by atoms with Crippen LogP contribution >= 0.6 is 0 Å². The Kier molecular flexibility index (Phi) is 9.03. The van der Waals surface area contributed by atoms with E-state index < -0.39 is 6.04 Å². The third-order valence-electron chi connectivity index (χ3n) is 4.67. The summed E-state index contributed by atoms with van der Waals surface area (Å²) in [6, 6.07) is 5.15. The maximum Gasteiger partial charge on any atom is 0.237 e. The lowest BCUT2D eigenvalue weighted by Crippen LogP contribution is -2.56. The van der Waals surface area contributed by atoms with Crippen LogP contribution in [-0.4, -0.2) is 69.8 Å². The van der Waals surface area contributed by atoms with Gasteiger partial charge < -0.3 is 24.8 Å². The number of benzene rings is 1. The van der Waals surface area contributed by atoms with Crippen molar-refractivity contribution in [2.45, 2.75) is 32.4 Å². The molecule has 2 rings (SSSR count). The minimum Gasteiger partial charge on any atom is -0.493 e. The van der Waals surface area contributed by atoms with E-state index in [0.717, 1.165) is 12.0 Å². The number of piperazine rings is 1. The Bertz CT molecular complexity index is 653.